The van der Waals surface area contributed by atoms with Gasteiger partial charge in [-0.05, 0) is 17.7 Å². The van der Waals surface area contributed by atoms with Gasteiger partial charge in [0, 0.05) is 5.69 Å². The van der Waals surface area contributed by atoms with Crippen molar-refractivity contribution >= 4 is 11.6 Å². The fourth-order valence-corrected chi connectivity index (χ4v) is 1.77. The molecule has 1 N–H and O–H groups in total. The van der Waals surface area contributed by atoms with E-state index in [4.69, 9.17) is 0 Å². The molecule has 0 bridgehead atoms. The summed E-state index contributed by atoms with van der Waals surface area (Å²) < 4.78 is 41.6. The molecule has 0 aliphatic heterocycles. The van der Waals surface area contributed by atoms with Crippen molar-refractivity contribution in [1.29, 1.82) is 0 Å². The number of nitrogens with one attached hydrogen (secondary N) is 1. The second-order valence-corrected chi connectivity index (χ2v) is 4.76. The van der Waals surface area contributed by atoms with E-state index >= 15 is 0 Å². The van der Waals surface area contributed by atoms with E-state index < -0.39 is 18.7 Å². The predicted octanol–water partition coefficient (Wildman–Crippen LogP) is 2.23. The van der Waals surface area contributed by atoms with Gasteiger partial charge in [-0.1, -0.05) is 12.1 Å². The average Bonchev–Trinajstić information content (AvgIpc) is 2.98. The van der Waals surface area contributed by atoms with E-state index in [2.05, 4.69) is 20.1 Å². The van der Waals surface area contributed by atoms with Crippen LogP contribution in [0.5, 0.6) is 0 Å². The maximum absolute atomic E-state index is 11.9. The normalized spacial score (nSPS) is 11.4. The minimum absolute atomic E-state index is 0.142. The smallest absolute Gasteiger partial charge is 0.372 e. The molecule has 2 rings (SSSR count). The fraction of sp³-hybridized carbons (Fsp3) is 0.357. The highest BCUT2D eigenvalue weighted by Gasteiger charge is 2.27. The lowest BCUT2D eigenvalue weighted by atomic mass is 10.2. The maximum Gasteiger partial charge on any atom is 0.411 e. The molecule has 0 fully saturated rings. The summed E-state index contributed by atoms with van der Waals surface area (Å²) in [6.07, 6.45) is -1.49. The molecule has 9 heteroatoms. The Kier molecular flexibility index (Phi) is 5.69. The third kappa shape index (κ3) is 6.47. The molecule has 0 aliphatic carbocycles. The van der Waals surface area contributed by atoms with Gasteiger partial charge in [-0.15, -0.1) is 0 Å². The Labute approximate surface area is 130 Å². The quantitative estimate of drug-likeness (QED) is 0.792. The zero-order chi connectivity index (χ0) is 16.7. The minimum atomic E-state index is -4.38. The predicted molar refractivity (Wildman–Crippen MR) is 75.7 cm³/mol. The number of halogens is 3. The molecule has 0 radical (unpaired) electrons. The van der Waals surface area contributed by atoms with Gasteiger partial charge in [0.05, 0.1) is 19.6 Å². The molecule has 0 saturated carbocycles. The van der Waals surface area contributed by atoms with Crippen LogP contribution in [0, 0.1) is 0 Å². The first-order valence-corrected chi connectivity index (χ1v) is 6.78. The summed E-state index contributed by atoms with van der Waals surface area (Å²) >= 11 is 0. The van der Waals surface area contributed by atoms with Crippen LogP contribution in [-0.4, -0.2) is 40.1 Å². The number of hydrogen-bond donors (Lipinski definition) is 1. The summed E-state index contributed by atoms with van der Waals surface area (Å²) in [5.41, 5.74) is 1.54. The van der Waals surface area contributed by atoms with Crippen molar-refractivity contribution in [2.24, 2.45) is 0 Å². The Morgan fingerprint density at radius 2 is 2.00 bits per heavy atom. The SMILES string of the molecule is O=C(CCOCC(F)(F)F)Nc1ccc(Cn2cncn2)cc1. The van der Waals surface area contributed by atoms with Gasteiger partial charge in [0.2, 0.25) is 5.91 Å². The Balaban J connectivity index is 1.73. The van der Waals surface area contributed by atoms with Gasteiger partial charge >= 0.3 is 6.18 Å². The second-order valence-electron chi connectivity index (χ2n) is 4.76. The van der Waals surface area contributed by atoms with Crippen LogP contribution >= 0.6 is 0 Å². The molecule has 0 spiro atoms. The molecule has 0 atom stereocenters. The molecule has 1 aromatic carbocycles. The lowest BCUT2D eigenvalue weighted by molar-refractivity contribution is -0.174. The van der Waals surface area contributed by atoms with E-state index in [0.717, 1.165) is 5.56 Å². The first kappa shape index (κ1) is 16.9. The lowest BCUT2D eigenvalue weighted by Crippen LogP contribution is -2.20. The second kappa shape index (κ2) is 7.73. The number of rotatable bonds is 7. The van der Waals surface area contributed by atoms with Crippen molar-refractivity contribution in [2.75, 3.05) is 18.5 Å². The van der Waals surface area contributed by atoms with Gasteiger partial charge in [-0.2, -0.15) is 18.3 Å². The molecule has 1 heterocycles. The molecule has 0 aliphatic rings. The average molecular weight is 328 g/mol. The van der Waals surface area contributed by atoms with E-state index in [1.54, 1.807) is 23.1 Å². The van der Waals surface area contributed by atoms with E-state index in [0.29, 0.717) is 12.2 Å². The van der Waals surface area contributed by atoms with Crippen LogP contribution in [0.2, 0.25) is 0 Å². The molecule has 0 saturated heterocycles. The number of nitrogens with zero attached hydrogens (tertiary/aromatic N) is 3. The van der Waals surface area contributed by atoms with E-state index in [9.17, 15) is 18.0 Å². The standard InChI is InChI=1S/C14H15F3N4O2/c15-14(16,17)8-23-6-5-13(22)20-12-3-1-11(2-4-12)7-21-10-18-9-19-21/h1-4,9-10H,5-8H2,(H,20,22). The largest absolute Gasteiger partial charge is 0.411 e. The van der Waals surface area contributed by atoms with Gasteiger partial charge in [-0.3, -0.25) is 4.79 Å². The Morgan fingerprint density at radius 1 is 1.26 bits per heavy atom. The number of amides is 1. The number of anilines is 1. The molecule has 124 valence electrons. The number of alkyl halides is 3. The van der Waals surface area contributed by atoms with Crippen molar-refractivity contribution in [3.63, 3.8) is 0 Å². The Morgan fingerprint density at radius 3 is 2.61 bits per heavy atom. The molecule has 0 unspecified atom stereocenters. The third-order valence-electron chi connectivity index (χ3n) is 2.79. The highest BCUT2D eigenvalue weighted by Crippen LogP contribution is 2.14. The molecule has 2 aromatic rings. The molecular formula is C14H15F3N4O2. The summed E-state index contributed by atoms with van der Waals surface area (Å²) in [5, 5.41) is 6.57. The zero-order valence-electron chi connectivity index (χ0n) is 12.1. The topological polar surface area (TPSA) is 69.0 Å². The van der Waals surface area contributed by atoms with E-state index in [1.165, 1.54) is 6.33 Å². The van der Waals surface area contributed by atoms with E-state index in [1.807, 2.05) is 12.1 Å². The van der Waals surface area contributed by atoms with Gasteiger partial charge < -0.3 is 10.1 Å². The van der Waals surface area contributed by atoms with Crippen LogP contribution in [0.4, 0.5) is 18.9 Å². The number of ether oxygens (including phenoxy) is 1. The molecule has 6 nitrogen and oxygen atoms in total. The first-order chi connectivity index (χ1) is 10.9. The van der Waals surface area contributed by atoms with Crippen molar-refractivity contribution in [3.8, 4) is 0 Å². The number of carbonyl (C=O) groups is 1. The highest BCUT2D eigenvalue weighted by molar-refractivity contribution is 5.90. The summed E-state index contributed by atoms with van der Waals surface area (Å²) in [6.45, 7) is -1.08. The molecule has 1 amide bonds. The van der Waals surface area contributed by atoms with Crippen LogP contribution < -0.4 is 5.32 Å². The number of carbonyl (C=O) groups excluding carboxylic acids is 1. The van der Waals surface area contributed by atoms with Crippen molar-refractivity contribution in [2.45, 2.75) is 19.1 Å². The van der Waals surface area contributed by atoms with Crippen LogP contribution in [-0.2, 0) is 16.1 Å². The lowest BCUT2D eigenvalue weighted by Gasteiger charge is -2.08. The van der Waals surface area contributed by atoms with Crippen LogP contribution in [0.15, 0.2) is 36.9 Å². The van der Waals surface area contributed by atoms with Gasteiger partial charge in [0.1, 0.15) is 19.3 Å². The number of hydrogen-bond acceptors (Lipinski definition) is 4. The summed E-state index contributed by atoms with van der Waals surface area (Å²) in [5.74, 6) is -0.406. The molecular weight excluding hydrogens is 313 g/mol. The Hall–Kier alpha value is -2.42. The zero-order valence-corrected chi connectivity index (χ0v) is 12.1. The fourth-order valence-electron chi connectivity index (χ4n) is 1.77. The summed E-state index contributed by atoms with van der Waals surface area (Å²) in [4.78, 5) is 15.4. The minimum Gasteiger partial charge on any atom is -0.372 e. The van der Waals surface area contributed by atoms with Crippen LogP contribution in [0.3, 0.4) is 0 Å². The van der Waals surface area contributed by atoms with Gasteiger partial charge in [-0.25, -0.2) is 9.67 Å². The summed E-state index contributed by atoms with van der Waals surface area (Å²) in [6, 6.07) is 7.05. The van der Waals surface area contributed by atoms with Gasteiger partial charge in [0.25, 0.3) is 0 Å². The van der Waals surface area contributed by atoms with Crippen molar-refractivity contribution in [3.05, 3.63) is 42.5 Å². The number of aromatic nitrogens is 3. The molecule has 23 heavy (non-hydrogen) atoms. The maximum atomic E-state index is 11.9. The molecule has 1 aromatic heterocycles. The van der Waals surface area contributed by atoms with Crippen LogP contribution in [0.1, 0.15) is 12.0 Å². The van der Waals surface area contributed by atoms with Gasteiger partial charge in [0.15, 0.2) is 0 Å². The highest BCUT2D eigenvalue weighted by atomic mass is 19.4. The van der Waals surface area contributed by atoms with E-state index in [-0.39, 0.29) is 13.0 Å². The van der Waals surface area contributed by atoms with Crippen molar-refractivity contribution in [1.82, 2.24) is 14.8 Å². The Bertz CT molecular complexity index is 612. The van der Waals surface area contributed by atoms with Crippen LogP contribution in [0.25, 0.3) is 0 Å². The summed E-state index contributed by atoms with van der Waals surface area (Å²) in [7, 11) is 0. The number of benzene rings is 1. The monoisotopic (exact) mass is 328 g/mol. The first-order valence-electron chi connectivity index (χ1n) is 6.78. The third-order valence-corrected chi connectivity index (χ3v) is 2.79. The van der Waals surface area contributed by atoms with Crippen molar-refractivity contribution < 1.29 is 22.7 Å².